The minimum Gasteiger partial charge on any atom is -0.333 e. The number of amides is 1. The summed E-state index contributed by atoms with van der Waals surface area (Å²) in [5, 5.41) is 12.5. The molecule has 1 amide bonds. The molecule has 1 aliphatic heterocycles. The molecule has 2 aromatic carbocycles. The number of carbonyl (C=O) groups is 1. The van der Waals surface area contributed by atoms with Gasteiger partial charge in [-0.1, -0.05) is 60.7 Å². The average molecular weight is 405 g/mol. The smallest absolute Gasteiger partial charge is 0.276 e. The molecule has 2 fully saturated rings. The Labute approximate surface area is 179 Å². The van der Waals surface area contributed by atoms with E-state index in [-0.39, 0.29) is 5.91 Å². The standard InChI is InChI=1S/C25H30N4O/c1-25(19-26,22-12-13-22)27-23(30)18-28-14-16-29(17-15-28)24(20-8-4-2-5-9-20)21-10-6-3-7-11-21/h2-11,22,24H,12-18H2,1H3,(H,27,30)/p+2/t25-/m1/s1. The van der Waals surface area contributed by atoms with Crippen molar-refractivity contribution in [3.8, 4) is 6.07 Å². The highest BCUT2D eigenvalue weighted by Gasteiger charge is 2.43. The zero-order chi connectivity index (χ0) is 21.0. The number of nitrogens with zero attached hydrogens (tertiary/aromatic N) is 1. The molecule has 1 heterocycles. The Morgan fingerprint density at radius 2 is 1.57 bits per heavy atom. The molecule has 3 N–H and O–H groups in total. The van der Waals surface area contributed by atoms with Crippen LogP contribution in [-0.2, 0) is 4.79 Å². The van der Waals surface area contributed by atoms with Crippen LogP contribution in [0, 0.1) is 17.2 Å². The van der Waals surface area contributed by atoms with Gasteiger partial charge in [0.1, 0.15) is 37.8 Å². The normalized spacial score (nSPS) is 23.4. The van der Waals surface area contributed by atoms with Crippen LogP contribution >= 0.6 is 0 Å². The van der Waals surface area contributed by atoms with Crippen molar-refractivity contribution in [3.63, 3.8) is 0 Å². The highest BCUT2D eigenvalue weighted by atomic mass is 16.2. The Bertz CT molecular complexity index is 843. The fraction of sp³-hybridized carbons (Fsp3) is 0.440. The van der Waals surface area contributed by atoms with Crippen molar-refractivity contribution < 1.29 is 14.6 Å². The molecule has 4 rings (SSSR count). The van der Waals surface area contributed by atoms with Crippen molar-refractivity contribution >= 4 is 5.91 Å². The predicted molar refractivity (Wildman–Crippen MR) is 116 cm³/mol. The summed E-state index contributed by atoms with van der Waals surface area (Å²) in [5.41, 5.74) is 1.98. The molecule has 5 heteroatoms. The Kier molecular flexibility index (Phi) is 6.17. The SMILES string of the molecule is C[C@](C#N)(NC(=O)C[NH+]1CC[NH+](C(c2ccccc2)c2ccccc2)CC1)C1CC1. The summed E-state index contributed by atoms with van der Waals surface area (Å²) in [6.45, 7) is 6.30. The fourth-order valence-electron chi connectivity index (χ4n) is 4.79. The van der Waals surface area contributed by atoms with Gasteiger partial charge >= 0.3 is 0 Å². The highest BCUT2D eigenvalue weighted by molar-refractivity contribution is 5.78. The van der Waals surface area contributed by atoms with Crippen LogP contribution in [0.5, 0.6) is 0 Å². The molecule has 0 aromatic heterocycles. The molecule has 1 saturated heterocycles. The first-order valence-electron chi connectivity index (χ1n) is 11.1. The third-order valence-corrected chi connectivity index (χ3v) is 6.71. The minimum absolute atomic E-state index is 0.00655. The van der Waals surface area contributed by atoms with Crippen LogP contribution in [0.2, 0.25) is 0 Å². The summed E-state index contributed by atoms with van der Waals surface area (Å²) in [4.78, 5) is 15.5. The lowest BCUT2D eigenvalue weighted by Gasteiger charge is -2.35. The third kappa shape index (κ3) is 4.72. The van der Waals surface area contributed by atoms with Crippen molar-refractivity contribution in [1.29, 1.82) is 5.26 Å². The number of nitrogens with one attached hydrogen (secondary N) is 3. The predicted octanol–water partition coefficient (Wildman–Crippen LogP) is 0.368. The van der Waals surface area contributed by atoms with Crippen LogP contribution in [0.15, 0.2) is 60.7 Å². The molecule has 2 aromatic rings. The van der Waals surface area contributed by atoms with Crippen molar-refractivity contribution in [2.75, 3.05) is 32.7 Å². The summed E-state index contributed by atoms with van der Waals surface area (Å²) in [5.74, 6) is 0.326. The number of piperazine rings is 1. The van der Waals surface area contributed by atoms with Gasteiger partial charge in [0, 0.05) is 11.1 Å². The number of hydrogen-bond donors (Lipinski definition) is 3. The Morgan fingerprint density at radius 3 is 2.03 bits per heavy atom. The van der Waals surface area contributed by atoms with Gasteiger partial charge in [-0.15, -0.1) is 0 Å². The Morgan fingerprint density at radius 1 is 1.03 bits per heavy atom. The number of benzene rings is 2. The number of rotatable bonds is 7. The first kappa shape index (κ1) is 20.6. The molecule has 1 atom stereocenters. The van der Waals surface area contributed by atoms with E-state index in [0.29, 0.717) is 18.5 Å². The van der Waals surface area contributed by atoms with E-state index in [0.717, 1.165) is 39.0 Å². The molecular weight excluding hydrogens is 372 g/mol. The molecule has 0 unspecified atom stereocenters. The fourth-order valence-corrected chi connectivity index (χ4v) is 4.79. The van der Waals surface area contributed by atoms with E-state index in [1.807, 2.05) is 6.92 Å². The first-order valence-corrected chi connectivity index (χ1v) is 11.1. The van der Waals surface area contributed by atoms with Crippen molar-refractivity contribution in [3.05, 3.63) is 71.8 Å². The second-order valence-electron chi connectivity index (χ2n) is 8.98. The summed E-state index contributed by atoms with van der Waals surface area (Å²) in [7, 11) is 0. The summed E-state index contributed by atoms with van der Waals surface area (Å²) in [6, 6.07) is 24.1. The molecule has 0 radical (unpaired) electrons. The lowest BCUT2D eigenvalue weighted by Crippen LogP contribution is -3.28. The summed E-state index contributed by atoms with van der Waals surface area (Å²) in [6.07, 6.45) is 2.08. The van der Waals surface area contributed by atoms with E-state index in [4.69, 9.17) is 0 Å². The highest BCUT2D eigenvalue weighted by Crippen LogP contribution is 2.39. The molecule has 1 saturated carbocycles. The van der Waals surface area contributed by atoms with Gasteiger partial charge < -0.3 is 15.1 Å². The van der Waals surface area contributed by atoms with Crippen LogP contribution in [0.25, 0.3) is 0 Å². The van der Waals surface area contributed by atoms with E-state index >= 15 is 0 Å². The molecule has 0 spiro atoms. The van der Waals surface area contributed by atoms with E-state index in [1.54, 1.807) is 4.90 Å². The molecule has 0 bridgehead atoms. The number of nitriles is 1. The molecule has 5 nitrogen and oxygen atoms in total. The van der Waals surface area contributed by atoms with Gasteiger partial charge in [0.05, 0.1) is 6.07 Å². The second-order valence-corrected chi connectivity index (χ2v) is 8.98. The van der Waals surface area contributed by atoms with Crippen molar-refractivity contribution in [2.45, 2.75) is 31.3 Å². The van der Waals surface area contributed by atoms with E-state index in [9.17, 15) is 10.1 Å². The maximum Gasteiger partial charge on any atom is 0.276 e. The Hall–Kier alpha value is -2.68. The van der Waals surface area contributed by atoms with Gasteiger partial charge in [-0.2, -0.15) is 5.26 Å². The van der Waals surface area contributed by atoms with Gasteiger partial charge in [-0.25, -0.2) is 0 Å². The number of hydrogen-bond acceptors (Lipinski definition) is 2. The van der Waals surface area contributed by atoms with Crippen LogP contribution in [0.4, 0.5) is 0 Å². The topological polar surface area (TPSA) is 61.8 Å². The van der Waals surface area contributed by atoms with Crippen molar-refractivity contribution in [2.24, 2.45) is 5.92 Å². The molecule has 30 heavy (non-hydrogen) atoms. The van der Waals surface area contributed by atoms with E-state index < -0.39 is 5.54 Å². The molecule has 2 aliphatic rings. The monoisotopic (exact) mass is 404 g/mol. The van der Waals surface area contributed by atoms with Crippen LogP contribution < -0.4 is 15.1 Å². The molecule has 1 aliphatic carbocycles. The van der Waals surface area contributed by atoms with E-state index in [1.165, 1.54) is 16.0 Å². The van der Waals surface area contributed by atoms with Gasteiger partial charge in [-0.05, 0) is 25.7 Å². The zero-order valence-corrected chi connectivity index (χ0v) is 17.7. The van der Waals surface area contributed by atoms with E-state index in [2.05, 4.69) is 72.0 Å². The second kappa shape index (κ2) is 8.99. The summed E-state index contributed by atoms with van der Waals surface area (Å²) < 4.78 is 0. The van der Waals surface area contributed by atoms with Crippen LogP contribution in [-0.4, -0.2) is 44.2 Å². The zero-order valence-electron chi connectivity index (χ0n) is 17.7. The average Bonchev–Trinajstić information content (AvgIpc) is 3.63. The van der Waals surface area contributed by atoms with Crippen molar-refractivity contribution in [1.82, 2.24) is 5.32 Å². The maximum atomic E-state index is 12.6. The lowest BCUT2D eigenvalue weighted by atomic mass is 9.96. The van der Waals surface area contributed by atoms with Crippen LogP contribution in [0.1, 0.15) is 36.9 Å². The third-order valence-electron chi connectivity index (χ3n) is 6.71. The maximum absolute atomic E-state index is 12.6. The Balaban J connectivity index is 1.38. The van der Waals surface area contributed by atoms with Crippen LogP contribution in [0.3, 0.4) is 0 Å². The van der Waals surface area contributed by atoms with Gasteiger partial charge in [-0.3, -0.25) is 4.79 Å². The van der Waals surface area contributed by atoms with Gasteiger partial charge in [0.2, 0.25) is 0 Å². The summed E-state index contributed by atoms with van der Waals surface area (Å²) >= 11 is 0. The minimum atomic E-state index is -0.699. The van der Waals surface area contributed by atoms with Gasteiger partial charge in [0.15, 0.2) is 6.54 Å². The van der Waals surface area contributed by atoms with Gasteiger partial charge in [0.25, 0.3) is 5.91 Å². The first-order chi connectivity index (χ1) is 14.6. The quantitative estimate of drug-likeness (QED) is 0.624. The number of quaternary nitrogens is 2. The molecule has 156 valence electrons. The largest absolute Gasteiger partial charge is 0.333 e. The lowest BCUT2D eigenvalue weighted by molar-refractivity contribution is -1.02. The molecular formula is C25H32N4O+2. The number of carbonyl (C=O) groups excluding carboxylic acids is 1.